The summed E-state index contributed by atoms with van der Waals surface area (Å²) in [5.41, 5.74) is -0.251. The van der Waals surface area contributed by atoms with Crippen LogP contribution in [0.25, 0.3) is 11.2 Å². The Bertz CT molecular complexity index is 830. The molecule has 2 atom stereocenters. The third kappa shape index (κ3) is 3.14. The van der Waals surface area contributed by atoms with Crippen LogP contribution in [0.15, 0.2) is 12.7 Å². The first-order valence-electron chi connectivity index (χ1n) is 8.29. The number of nitrogens with zero attached hydrogens (tertiary/aromatic N) is 4. The van der Waals surface area contributed by atoms with Crippen LogP contribution in [0.2, 0.25) is 5.15 Å². The first-order chi connectivity index (χ1) is 12.5. The van der Waals surface area contributed by atoms with Gasteiger partial charge in [-0.1, -0.05) is 11.6 Å². The Morgan fingerprint density at radius 3 is 2.81 bits per heavy atom. The fraction of sp³-hybridized carbons (Fsp3) is 0.562. The van der Waals surface area contributed by atoms with E-state index in [9.17, 15) is 9.59 Å². The Hall–Kier alpha value is -1.87. The van der Waals surface area contributed by atoms with E-state index in [1.807, 2.05) is 0 Å². The molecule has 3 heterocycles. The van der Waals surface area contributed by atoms with E-state index in [-0.39, 0.29) is 30.1 Å². The summed E-state index contributed by atoms with van der Waals surface area (Å²) in [7, 11) is 0. The van der Waals surface area contributed by atoms with E-state index in [4.69, 9.17) is 21.1 Å². The van der Waals surface area contributed by atoms with Crippen LogP contribution in [0.3, 0.4) is 0 Å². The van der Waals surface area contributed by atoms with Gasteiger partial charge in [-0.05, 0) is 19.6 Å². The molecule has 0 saturated carbocycles. The van der Waals surface area contributed by atoms with Gasteiger partial charge in [0.15, 0.2) is 16.3 Å². The van der Waals surface area contributed by atoms with Gasteiger partial charge < -0.3 is 9.47 Å². The van der Waals surface area contributed by atoms with Crippen molar-refractivity contribution < 1.29 is 19.1 Å². The molecule has 140 valence electrons. The molecule has 0 N–H and O–H groups in total. The highest BCUT2D eigenvalue weighted by Gasteiger charge is 2.54. The number of hydrogen-bond acceptors (Lipinski definition) is 8. The summed E-state index contributed by atoms with van der Waals surface area (Å²) < 4.78 is 12.1. The molecular weight excluding hydrogens is 380 g/mol. The summed E-state index contributed by atoms with van der Waals surface area (Å²) in [4.78, 5) is 37.6. The highest BCUT2D eigenvalue weighted by molar-refractivity contribution is 7.99. The van der Waals surface area contributed by atoms with Crippen LogP contribution in [-0.4, -0.2) is 56.2 Å². The lowest BCUT2D eigenvalue weighted by molar-refractivity contribution is -0.156. The van der Waals surface area contributed by atoms with Crippen molar-refractivity contribution >= 4 is 46.5 Å². The molecule has 0 radical (unpaired) electrons. The molecule has 2 aromatic heterocycles. The Morgan fingerprint density at radius 2 is 2.08 bits per heavy atom. The predicted octanol–water partition coefficient (Wildman–Crippen LogP) is 2.05. The van der Waals surface area contributed by atoms with Crippen LogP contribution in [-0.2, 0) is 24.6 Å². The van der Waals surface area contributed by atoms with Crippen LogP contribution in [0.4, 0.5) is 0 Å². The molecule has 0 spiro atoms. The third-order valence-corrected chi connectivity index (χ3v) is 5.94. The Morgan fingerprint density at radius 1 is 1.31 bits per heavy atom. The molecule has 2 unspecified atom stereocenters. The second-order valence-corrected chi connectivity index (χ2v) is 7.21. The van der Waals surface area contributed by atoms with E-state index >= 15 is 0 Å². The minimum atomic E-state index is -1.10. The molecule has 10 heteroatoms. The van der Waals surface area contributed by atoms with Crippen molar-refractivity contribution in [2.24, 2.45) is 5.92 Å². The Kier molecular flexibility index (Phi) is 5.67. The first-order valence-corrected chi connectivity index (χ1v) is 9.82. The molecule has 0 amide bonds. The van der Waals surface area contributed by atoms with Crippen molar-refractivity contribution in [2.75, 3.05) is 24.7 Å². The lowest BCUT2D eigenvalue weighted by Gasteiger charge is -2.33. The molecule has 1 aliphatic rings. The smallest absolute Gasteiger partial charge is 0.333 e. The largest absolute Gasteiger partial charge is 0.466 e. The van der Waals surface area contributed by atoms with Gasteiger partial charge in [0, 0.05) is 11.7 Å². The van der Waals surface area contributed by atoms with E-state index in [0.29, 0.717) is 29.3 Å². The van der Waals surface area contributed by atoms with Crippen LogP contribution in [0.1, 0.15) is 20.3 Å². The molecule has 26 heavy (non-hydrogen) atoms. The molecule has 2 aromatic rings. The van der Waals surface area contributed by atoms with E-state index in [0.717, 1.165) is 0 Å². The minimum Gasteiger partial charge on any atom is -0.466 e. The van der Waals surface area contributed by atoms with E-state index < -0.39 is 11.5 Å². The first kappa shape index (κ1) is 18.9. The van der Waals surface area contributed by atoms with E-state index in [2.05, 4.69) is 15.0 Å². The van der Waals surface area contributed by atoms with Crippen molar-refractivity contribution in [1.82, 2.24) is 19.5 Å². The van der Waals surface area contributed by atoms with Crippen LogP contribution < -0.4 is 0 Å². The summed E-state index contributed by atoms with van der Waals surface area (Å²) in [5, 5.41) is 0.209. The number of imidazole rings is 1. The number of ether oxygens (including phenoxy) is 2. The Balaban J connectivity index is 2.10. The molecule has 0 aliphatic carbocycles. The lowest BCUT2D eigenvalue weighted by Crippen LogP contribution is -2.49. The zero-order chi connectivity index (χ0) is 18.7. The maximum absolute atomic E-state index is 13.0. The topological polar surface area (TPSA) is 96.2 Å². The quantitative estimate of drug-likeness (QED) is 0.538. The highest BCUT2D eigenvalue weighted by Crippen LogP contribution is 2.44. The minimum absolute atomic E-state index is 0.109. The molecule has 1 aliphatic heterocycles. The summed E-state index contributed by atoms with van der Waals surface area (Å²) >= 11 is 7.68. The zero-order valence-corrected chi connectivity index (χ0v) is 16.0. The number of esters is 2. The van der Waals surface area contributed by atoms with E-state index in [1.54, 1.807) is 30.2 Å². The van der Waals surface area contributed by atoms with Crippen LogP contribution in [0.5, 0.6) is 0 Å². The molecular formula is C16H19ClN4O4S. The number of halogens is 1. The molecule has 3 rings (SSSR count). The van der Waals surface area contributed by atoms with Gasteiger partial charge in [-0.15, -0.1) is 0 Å². The van der Waals surface area contributed by atoms with Gasteiger partial charge in [0.25, 0.3) is 0 Å². The van der Waals surface area contributed by atoms with E-state index in [1.165, 1.54) is 12.7 Å². The molecule has 8 nitrogen and oxygen atoms in total. The van der Waals surface area contributed by atoms with Crippen molar-refractivity contribution in [1.29, 1.82) is 0 Å². The fourth-order valence-corrected chi connectivity index (χ4v) is 4.98. The number of carbonyl (C=O) groups excluding carboxylic acids is 2. The maximum atomic E-state index is 13.0. The fourth-order valence-electron chi connectivity index (χ4n) is 3.21. The monoisotopic (exact) mass is 398 g/mol. The van der Waals surface area contributed by atoms with Crippen LogP contribution in [0, 0.1) is 5.92 Å². The highest BCUT2D eigenvalue weighted by atomic mass is 35.5. The summed E-state index contributed by atoms with van der Waals surface area (Å²) in [6.07, 6.45) is 2.95. The number of thioether (sulfide) groups is 1. The third-order valence-electron chi connectivity index (χ3n) is 4.38. The van der Waals surface area contributed by atoms with Crippen molar-refractivity contribution in [3.05, 3.63) is 17.8 Å². The van der Waals surface area contributed by atoms with Gasteiger partial charge >= 0.3 is 11.9 Å². The zero-order valence-electron chi connectivity index (χ0n) is 14.5. The molecule has 1 saturated heterocycles. The summed E-state index contributed by atoms with van der Waals surface area (Å²) in [6, 6.07) is 0. The van der Waals surface area contributed by atoms with Crippen molar-refractivity contribution in [3.8, 4) is 0 Å². The number of fused-ring (bicyclic) bond motifs is 1. The van der Waals surface area contributed by atoms with Gasteiger partial charge in [0.05, 0.1) is 26.0 Å². The van der Waals surface area contributed by atoms with Gasteiger partial charge in [-0.3, -0.25) is 9.36 Å². The predicted molar refractivity (Wildman–Crippen MR) is 97.0 cm³/mol. The number of carbonyl (C=O) groups is 2. The SMILES string of the molecule is CCOC(=O)CC1CSCC1(C(=O)OCC)n1cnc2c(Cl)ncnc21. The summed E-state index contributed by atoms with van der Waals surface area (Å²) in [5.74, 6) is 0.00914. The number of rotatable bonds is 6. The second-order valence-electron chi connectivity index (χ2n) is 5.82. The van der Waals surface area contributed by atoms with Gasteiger partial charge in [0.2, 0.25) is 0 Å². The molecule has 0 bridgehead atoms. The van der Waals surface area contributed by atoms with Gasteiger partial charge in [0.1, 0.15) is 11.8 Å². The normalized spacial score (nSPS) is 22.5. The van der Waals surface area contributed by atoms with Crippen LogP contribution >= 0.6 is 23.4 Å². The average Bonchev–Trinajstić information content (AvgIpc) is 3.21. The number of hydrogen-bond donors (Lipinski definition) is 0. The average molecular weight is 399 g/mol. The second kappa shape index (κ2) is 7.79. The Labute approximate surface area is 159 Å². The van der Waals surface area contributed by atoms with Gasteiger partial charge in [-0.25, -0.2) is 19.7 Å². The standard InChI is InChI=1S/C16H19ClN4O4S/c1-3-24-11(22)5-10-6-26-7-16(10,15(23)25-4-2)21-9-20-12-13(17)18-8-19-14(12)21/h8-10H,3-7H2,1-2H3. The van der Waals surface area contributed by atoms with Crippen molar-refractivity contribution in [3.63, 3.8) is 0 Å². The molecule has 1 fully saturated rings. The van der Waals surface area contributed by atoms with Gasteiger partial charge in [-0.2, -0.15) is 11.8 Å². The molecule has 0 aromatic carbocycles. The summed E-state index contributed by atoms with van der Waals surface area (Å²) in [6.45, 7) is 4.03. The van der Waals surface area contributed by atoms with Crippen molar-refractivity contribution in [2.45, 2.75) is 25.8 Å². The maximum Gasteiger partial charge on any atom is 0.333 e. The number of aromatic nitrogens is 4. The lowest BCUT2D eigenvalue weighted by atomic mass is 9.84.